The molecule has 1 atom stereocenters. The second kappa shape index (κ2) is 4.32. The number of terminal acetylenes is 1. The van der Waals surface area contributed by atoms with E-state index in [1.54, 1.807) is 0 Å². The zero-order valence-electron chi connectivity index (χ0n) is 6.78. The van der Waals surface area contributed by atoms with Crippen molar-refractivity contribution in [2.24, 2.45) is 5.73 Å². The molecule has 0 radical (unpaired) electrons. The van der Waals surface area contributed by atoms with E-state index in [-0.39, 0.29) is 5.54 Å². The fourth-order valence-corrected chi connectivity index (χ4v) is 0.626. The molecule has 2 heteroatoms. The van der Waals surface area contributed by atoms with E-state index in [0.717, 1.165) is 13.0 Å². The van der Waals surface area contributed by atoms with Crippen molar-refractivity contribution < 1.29 is 0 Å². The van der Waals surface area contributed by atoms with E-state index in [9.17, 15) is 0 Å². The first-order valence-corrected chi connectivity index (χ1v) is 3.61. The van der Waals surface area contributed by atoms with Gasteiger partial charge in [0.25, 0.3) is 0 Å². The van der Waals surface area contributed by atoms with Gasteiger partial charge in [0.15, 0.2) is 0 Å². The van der Waals surface area contributed by atoms with Gasteiger partial charge in [-0.2, -0.15) is 0 Å². The number of nitrogens with two attached hydrogens (primary N) is 1. The van der Waals surface area contributed by atoms with Gasteiger partial charge in [0, 0.05) is 13.1 Å². The Morgan fingerprint density at radius 3 is 2.60 bits per heavy atom. The zero-order chi connectivity index (χ0) is 8.04. The molecule has 0 aromatic rings. The molecule has 58 valence electrons. The Labute approximate surface area is 63.2 Å². The number of rotatable bonds is 4. The van der Waals surface area contributed by atoms with E-state index >= 15 is 0 Å². The molecule has 0 aromatic carbocycles. The van der Waals surface area contributed by atoms with Crippen LogP contribution in [0.2, 0.25) is 0 Å². The normalized spacial score (nSPS) is 15.8. The number of nitrogens with one attached hydrogen (secondary N) is 1. The minimum atomic E-state index is -0.167. The molecule has 0 spiro atoms. The minimum absolute atomic E-state index is 0.167. The van der Waals surface area contributed by atoms with E-state index < -0.39 is 0 Å². The summed E-state index contributed by atoms with van der Waals surface area (Å²) in [6.45, 7) is 5.48. The zero-order valence-corrected chi connectivity index (χ0v) is 6.78. The van der Waals surface area contributed by atoms with Crippen LogP contribution in [0.3, 0.4) is 0 Å². The average molecular weight is 140 g/mol. The van der Waals surface area contributed by atoms with Crippen molar-refractivity contribution in [3.05, 3.63) is 0 Å². The lowest BCUT2D eigenvalue weighted by molar-refractivity contribution is 0.445. The highest BCUT2D eigenvalue weighted by atomic mass is 15.0. The molecule has 0 aromatic heterocycles. The van der Waals surface area contributed by atoms with Crippen molar-refractivity contribution in [1.82, 2.24) is 5.32 Å². The van der Waals surface area contributed by atoms with E-state index in [1.807, 2.05) is 6.92 Å². The lowest BCUT2D eigenvalue weighted by atomic mass is 10.0. The highest BCUT2D eigenvalue weighted by Gasteiger charge is 2.15. The molecule has 0 aliphatic rings. The first kappa shape index (κ1) is 9.48. The summed E-state index contributed by atoms with van der Waals surface area (Å²) in [6, 6.07) is 0. The summed E-state index contributed by atoms with van der Waals surface area (Å²) in [5.41, 5.74) is 5.15. The molecule has 0 fully saturated rings. The standard InChI is InChI=1S/C8H16N2/c1-4-8(3,5-2)10-7-6-9/h1,10H,5-7,9H2,2-3H3. The van der Waals surface area contributed by atoms with Crippen LogP contribution in [0.15, 0.2) is 0 Å². The Hall–Kier alpha value is -0.520. The second-order valence-corrected chi connectivity index (χ2v) is 2.55. The fraction of sp³-hybridized carbons (Fsp3) is 0.750. The van der Waals surface area contributed by atoms with Gasteiger partial charge in [0.1, 0.15) is 0 Å². The summed E-state index contributed by atoms with van der Waals surface area (Å²) >= 11 is 0. The summed E-state index contributed by atoms with van der Waals surface area (Å²) in [6.07, 6.45) is 6.24. The van der Waals surface area contributed by atoms with Crippen molar-refractivity contribution >= 4 is 0 Å². The Balaban J connectivity index is 3.72. The van der Waals surface area contributed by atoms with Gasteiger partial charge in [0.2, 0.25) is 0 Å². The van der Waals surface area contributed by atoms with Crippen molar-refractivity contribution in [1.29, 1.82) is 0 Å². The average Bonchev–Trinajstić information content (AvgIpc) is 2.00. The molecule has 0 heterocycles. The summed E-state index contributed by atoms with van der Waals surface area (Å²) in [5, 5.41) is 3.18. The summed E-state index contributed by atoms with van der Waals surface area (Å²) in [5.74, 6) is 2.70. The van der Waals surface area contributed by atoms with Crippen LogP contribution in [-0.2, 0) is 0 Å². The van der Waals surface area contributed by atoms with Crippen LogP contribution in [0.1, 0.15) is 20.3 Å². The van der Waals surface area contributed by atoms with Gasteiger partial charge < -0.3 is 11.1 Å². The van der Waals surface area contributed by atoms with Gasteiger partial charge in [0.05, 0.1) is 5.54 Å². The SMILES string of the molecule is C#CC(C)(CC)NCCN. The molecule has 10 heavy (non-hydrogen) atoms. The Morgan fingerprint density at radius 1 is 1.70 bits per heavy atom. The van der Waals surface area contributed by atoms with Crippen LogP contribution in [0, 0.1) is 12.3 Å². The molecule has 3 N–H and O–H groups in total. The molecular formula is C8H16N2. The van der Waals surface area contributed by atoms with E-state index in [1.165, 1.54) is 0 Å². The molecule has 2 nitrogen and oxygen atoms in total. The first-order chi connectivity index (χ1) is 4.68. The third kappa shape index (κ3) is 2.86. The van der Waals surface area contributed by atoms with Gasteiger partial charge in [-0.3, -0.25) is 0 Å². The largest absolute Gasteiger partial charge is 0.329 e. The Morgan fingerprint density at radius 2 is 2.30 bits per heavy atom. The van der Waals surface area contributed by atoms with Crippen molar-refractivity contribution in [3.8, 4) is 12.3 Å². The number of hydrogen-bond acceptors (Lipinski definition) is 2. The van der Waals surface area contributed by atoms with Gasteiger partial charge in [-0.25, -0.2) is 0 Å². The smallest absolute Gasteiger partial charge is 0.0767 e. The first-order valence-electron chi connectivity index (χ1n) is 3.61. The molecule has 0 rings (SSSR count). The van der Waals surface area contributed by atoms with Gasteiger partial charge in [-0.05, 0) is 13.3 Å². The third-order valence-electron chi connectivity index (χ3n) is 1.69. The van der Waals surface area contributed by atoms with Gasteiger partial charge in [-0.15, -0.1) is 6.42 Å². The monoisotopic (exact) mass is 140 g/mol. The number of hydrogen-bond donors (Lipinski definition) is 2. The predicted octanol–water partition coefficient (Wildman–Crippen LogP) is 0.337. The van der Waals surface area contributed by atoms with E-state index in [2.05, 4.69) is 18.2 Å². The van der Waals surface area contributed by atoms with Crippen LogP contribution in [-0.4, -0.2) is 18.6 Å². The molecule has 0 saturated carbocycles. The van der Waals surface area contributed by atoms with Crippen LogP contribution < -0.4 is 11.1 Å². The second-order valence-electron chi connectivity index (χ2n) is 2.55. The molecule has 0 amide bonds. The molecule has 1 unspecified atom stereocenters. The van der Waals surface area contributed by atoms with Crippen LogP contribution in [0.5, 0.6) is 0 Å². The van der Waals surface area contributed by atoms with Crippen molar-refractivity contribution in [3.63, 3.8) is 0 Å². The minimum Gasteiger partial charge on any atom is -0.329 e. The molecule has 0 bridgehead atoms. The quantitative estimate of drug-likeness (QED) is 0.552. The molecule has 0 aliphatic heterocycles. The van der Waals surface area contributed by atoms with Crippen molar-refractivity contribution in [2.75, 3.05) is 13.1 Å². The summed E-state index contributed by atoms with van der Waals surface area (Å²) in [4.78, 5) is 0. The maximum absolute atomic E-state index is 5.31. The van der Waals surface area contributed by atoms with Crippen LogP contribution in [0.25, 0.3) is 0 Å². The van der Waals surface area contributed by atoms with Crippen LogP contribution >= 0.6 is 0 Å². The van der Waals surface area contributed by atoms with Crippen LogP contribution in [0.4, 0.5) is 0 Å². The summed E-state index contributed by atoms with van der Waals surface area (Å²) < 4.78 is 0. The topological polar surface area (TPSA) is 38.0 Å². The fourth-order valence-electron chi connectivity index (χ4n) is 0.626. The highest BCUT2D eigenvalue weighted by molar-refractivity contribution is 5.09. The van der Waals surface area contributed by atoms with Gasteiger partial charge in [-0.1, -0.05) is 12.8 Å². The van der Waals surface area contributed by atoms with E-state index in [4.69, 9.17) is 12.2 Å². The Kier molecular flexibility index (Phi) is 4.10. The molecule has 0 aliphatic carbocycles. The maximum Gasteiger partial charge on any atom is 0.0767 e. The van der Waals surface area contributed by atoms with Gasteiger partial charge >= 0.3 is 0 Å². The van der Waals surface area contributed by atoms with E-state index in [0.29, 0.717) is 6.54 Å². The van der Waals surface area contributed by atoms with Crippen molar-refractivity contribution in [2.45, 2.75) is 25.8 Å². The lowest BCUT2D eigenvalue weighted by Crippen LogP contribution is -2.42. The predicted molar refractivity (Wildman–Crippen MR) is 44.6 cm³/mol. The summed E-state index contributed by atoms with van der Waals surface area (Å²) in [7, 11) is 0. The highest BCUT2D eigenvalue weighted by Crippen LogP contribution is 2.05. The molecule has 0 saturated heterocycles. The molecular weight excluding hydrogens is 124 g/mol. The third-order valence-corrected chi connectivity index (χ3v) is 1.69. The lowest BCUT2D eigenvalue weighted by Gasteiger charge is -2.22. The Bertz CT molecular complexity index is 126. The maximum atomic E-state index is 5.31.